The van der Waals surface area contributed by atoms with Crippen molar-refractivity contribution in [3.8, 4) is 11.5 Å². The van der Waals surface area contributed by atoms with Gasteiger partial charge in [-0.05, 0) is 74.1 Å². The Morgan fingerprint density at radius 2 is 1.65 bits per heavy atom. The van der Waals surface area contributed by atoms with Crippen LogP contribution in [0.3, 0.4) is 0 Å². The summed E-state index contributed by atoms with van der Waals surface area (Å²) >= 11 is -0.263. The number of hydrogen-bond acceptors (Lipinski definition) is 5. The van der Waals surface area contributed by atoms with E-state index >= 15 is 0 Å². The molecule has 34 heavy (non-hydrogen) atoms. The van der Waals surface area contributed by atoms with E-state index in [0.29, 0.717) is 17.2 Å². The minimum Gasteiger partial charge on any atom is -0.455 e. The Labute approximate surface area is 198 Å². The molecule has 1 aromatic heterocycles. The topological polar surface area (TPSA) is 62.7 Å². The average molecular weight is 488 g/mol. The van der Waals surface area contributed by atoms with Gasteiger partial charge in [-0.3, -0.25) is 9.78 Å². The first-order chi connectivity index (χ1) is 16.1. The molecule has 0 saturated carbocycles. The Balaban J connectivity index is 1.59. The minimum absolute atomic E-state index is 0.000903. The summed E-state index contributed by atoms with van der Waals surface area (Å²) in [6.45, 7) is 3.22. The van der Waals surface area contributed by atoms with Crippen molar-refractivity contribution in [3.05, 3.63) is 78.6 Å². The van der Waals surface area contributed by atoms with Crippen molar-refractivity contribution in [3.63, 3.8) is 0 Å². The smallest absolute Gasteiger partial charge is 0.446 e. The summed E-state index contributed by atoms with van der Waals surface area (Å²) < 4.78 is 43.8. The standard InChI is InChI=1S/C24H20F3N3O3S/c1-23(2)21(31)30(16-10-12-18(13-11-16)34-24(25,26)27)22(32)29(23)15-19-20(9-6-14-28-19)33-17-7-4-3-5-8-17/h3-14H,15H2,1-2H3. The van der Waals surface area contributed by atoms with Crippen LogP contribution in [0.5, 0.6) is 11.5 Å². The van der Waals surface area contributed by atoms with Crippen LogP contribution in [0.25, 0.3) is 0 Å². The number of aromatic nitrogens is 1. The number of para-hydroxylation sites is 1. The molecule has 1 fully saturated rings. The molecular formula is C24H20F3N3O3S. The van der Waals surface area contributed by atoms with Gasteiger partial charge in [0.25, 0.3) is 5.91 Å². The number of rotatable bonds is 6. The van der Waals surface area contributed by atoms with Crippen LogP contribution in [0.4, 0.5) is 23.7 Å². The van der Waals surface area contributed by atoms with Gasteiger partial charge in [0.15, 0.2) is 5.75 Å². The van der Waals surface area contributed by atoms with Crippen LogP contribution < -0.4 is 9.64 Å². The maximum atomic E-state index is 13.3. The second-order valence-corrected chi connectivity index (χ2v) is 9.11. The van der Waals surface area contributed by atoms with Crippen molar-refractivity contribution >= 4 is 29.4 Å². The molecule has 3 aromatic rings. The Bertz CT molecular complexity index is 1200. The van der Waals surface area contributed by atoms with Gasteiger partial charge in [0, 0.05) is 11.1 Å². The molecule has 4 rings (SSSR count). The third-order valence-electron chi connectivity index (χ3n) is 5.28. The second-order valence-electron chi connectivity index (χ2n) is 7.97. The first-order valence-corrected chi connectivity index (χ1v) is 11.1. The predicted octanol–water partition coefficient (Wildman–Crippen LogP) is 6.23. The van der Waals surface area contributed by atoms with Crippen LogP contribution in [0.2, 0.25) is 0 Å². The molecule has 0 bridgehead atoms. The Morgan fingerprint density at radius 1 is 0.971 bits per heavy atom. The number of benzene rings is 2. The van der Waals surface area contributed by atoms with E-state index in [2.05, 4.69) is 4.98 Å². The molecular weight excluding hydrogens is 467 g/mol. The third kappa shape index (κ3) is 4.86. The van der Waals surface area contributed by atoms with Gasteiger partial charge >= 0.3 is 11.5 Å². The molecule has 2 heterocycles. The van der Waals surface area contributed by atoms with E-state index in [1.165, 1.54) is 29.2 Å². The van der Waals surface area contributed by atoms with Crippen LogP contribution in [0.15, 0.2) is 77.8 Å². The van der Waals surface area contributed by atoms with Crippen LogP contribution >= 0.6 is 11.8 Å². The van der Waals surface area contributed by atoms with Gasteiger partial charge in [0.1, 0.15) is 17.0 Å². The summed E-state index contributed by atoms with van der Waals surface area (Å²) in [5.41, 5.74) is -4.99. The lowest BCUT2D eigenvalue weighted by Crippen LogP contribution is -2.43. The summed E-state index contributed by atoms with van der Waals surface area (Å²) in [6.07, 6.45) is 1.57. The van der Waals surface area contributed by atoms with Crippen LogP contribution in [0, 0.1) is 0 Å². The SMILES string of the molecule is CC1(C)C(=O)N(c2ccc(SC(F)(F)F)cc2)C(=O)N1Cc1ncccc1Oc1ccccc1. The van der Waals surface area contributed by atoms with Crippen molar-refractivity contribution in [2.75, 3.05) is 4.90 Å². The molecule has 0 atom stereocenters. The fraction of sp³-hybridized carbons (Fsp3) is 0.208. The quantitative estimate of drug-likeness (QED) is 0.305. The highest BCUT2D eigenvalue weighted by Crippen LogP contribution is 2.39. The highest BCUT2D eigenvalue weighted by molar-refractivity contribution is 8.00. The number of anilines is 1. The Kier molecular flexibility index (Phi) is 6.26. The molecule has 0 unspecified atom stereocenters. The number of carbonyl (C=O) groups excluding carboxylic acids is 2. The molecule has 2 aromatic carbocycles. The predicted molar refractivity (Wildman–Crippen MR) is 122 cm³/mol. The lowest BCUT2D eigenvalue weighted by Gasteiger charge is -2.27. The summed E-state index contributed by atoms with van der Waals surface area (Å²) in [5.74, 6) is 0.546. The van der Waals surface area contributed by atoms with E-state index in [9.17, 15) is 22.8 Å². The van der Waals surface area contributed by atoms with Crippen molar-refractivity contribution in [1.82, 2.24) is 9.88 Å². The number of urea groups is 1. The number of carbonyl (C=O) groups is 2. The van der Waals surface area contributed by atoms with E-state index < -0.39 is 23.0 Å². The number of thioether (sulfide) groups is 1. The van der Waals surface area contributed by atoms with Crippen LogP contribution in [-0.4, -0.2) is 32.9 Å². The number of pyridine rings is 1. The zero-order valence-electron chi connectivity index (χ0n) is 18.2. The minimum atomic E-state index is -4.43. The Hall–Kier alpha value is -3.53. The van der Waals surface area contributed by atoms with Crippen molar-refractivity contribution in [2.24, 2.45) is 0 Å². The van der Waals surface area contributed by atoms with Crippen LogP contribution in [-0.2, 0) is 11.3 Å². The molecule has 1 aliphatic heterocycles. The molecule has 1 aliphatic rings. The van der Waals surface area contributed by atoms with Crippen LogP contribution in [0.1, 0.15) is 19.5 Å². The maximum absolute atomic E-state index is 13.3. The van der Waals surface area contributed by atoms with Gasteiger partial charge in [-0.25, -0.2) is 9.69 Å². The fourth-order valence-electron chi connectivity index (χ4n) is 3.53. The van der Waals surface area contributed by atoms with E-state index in [-0.39, 0.29) is 28.9 Å². The van der Waals surface area contributed by atoms with Gasteiger partial charge < -0.3 is 9.64 Å². The van der Waals surface area contributed by atoms with Crippen molar-refractivity contribution in [2.45, 2.75) is 36.3 Å². The number of halogens is 3. The summed E-state index contributed by atoms with van der Waals surface area (Å²) in [4.78, 5) is 33.1. The highest BCUT2D eigenvalue weighted by Gasteiger charge is 2.52. The zero-order chi connectivity index (χ0) is 24.5. The maximum Gasteiger partial charge on any atom is 0.446 e. The van der Waals surface area contributed by atoms with Crippen molar-refractivity contribution in [1.29, 1.82) is 0 Å². The van der Waals surface area contributed by atoms with Crippen molar-refractivity contribution < 1.29 is 27.5 Å². The van der Waals surface area contributed by atoms with Gasteiger partial charge in [-0.1, -0.05) is 18.2 Å². The molecule has 176 valence electrons. The number of hydrogen-bond donors (Lipinski definition) is 0. The molecule has 0 radical (unpaired) electrons. The third-order valence-corrected chi connectivity index (χ3v) is 6.02. The lowest BCUT2D eigenvalue weighted by atomic mass is 10.0. The van der Waals surface area contributed by atoms with Gasteiger partial charge in [0.2, 0.25) is 0 Å². The molecule has 0 spiro atoms. The largest absolute Gasteiger partial charge is 0.455 e. The molecule has 0 aliphatic carbocycles. The second kappa shape index (κ2) is 9.02. The van der Waals surface area contributed by atoms with E-state index in [1.54, 1.807) is 44.3 Å². The fourth-order valence-corrected chi connectivity index (χ4v) is 4.07. The van der Waals surface area contributed by atoms with Gasteiger partial charge in [-0.15, -0.1) is 0 Å². The average Bonchev–Trinajstić information content (AvgIpc) is 2.95. The van der Waals surface area contributed by atoms with E-state index in [1.807, 2.05) is 18.2 Å². The number of alkyl halides is 3. The number of nitrogens with zero attached hydrogens (tertiary/aromatic N) is 3. The molecule has 3 amide bonds. The van der Waals surface area contributed by atoms with E-state index in [0.717, 1.165) is 4.90 Å². The Morgan fingerprint density at radius 3 is 2.29 bits per heavy atom. The molecule has 1 saturated heterocycles. The number of amides is 3. The number of ether oxygens (including phenoxy) is 1. The normalized spacial score (nSPS) is 15.7. The lowest BCUT2D eigenvalue weighted by molar-refractivity contribution is -0.123. The molecule has 10 heteroatoms. The summed E-state index contributed by atoms with van der Waals surface area (Å²) in [7, 11) is 0. The zero-order valence-corrected chi connectivity index (χ0v) is 19.1. The summed E-state index contributed by atoms with van der Waals surface area (Å²) in [5, 5.41) is 0. The first-order valence-electron chi connectivity index (χ1n) is 10.2. The van der Waals surface area contributed by atoms with Gasteiger partial charge in [-0.2, -0.15) is 13.2 Å². The van der Waals surface area contributed by atoms with E-state index in [4.69, 9.17) is 4.74 Å². The monoisotopic (exact) mass is 487 g/mol. The first kappa shape index (κ1) is 23.6. The molecule has 6 nitrogen and oxygen atoms in total. The molecule has 0 N–H and O–H groups in total. The number of imide groups is 1. The van der Waals surface area contributed by atoms with Gasteiger partial charge in [0.05, 0.1) is 12.2 Å². The summed E-state index contributed by atoms with van der Waals surface area (Å²) in [6, 6.07) is 17.0. The highest BCUT2D eigenvalue weighted by atomic mass is 32.2.